The molecule has 0 spiro atoms. The van der Waals surface area contributed by atoms with Crippen molar-refractivity contribution in [3.63, 3.8) is 0 Å². The Hall–Kier alpha value is -6.73. The van der Waals surface area contributed by atoms with Crippen LogP contribution in [-0.4, -0.2) is 51.2 Å². The minimum Gasteiger partial charge on any atom is -0.748 e. The molecule has 1 heterocycles. The molecule has 10 rings (SSSR count). The molecule has 1 saturated carbocycles. The summed E-state index contributed by atoms with van der Waals surface area (Å²) in [6.07, 6.45) is 4.75. The van der Waals surface area contributed by atoms with Gasteiger partial charge in [-0.3, -0.25) is 0 Å². The molecular weight excluding hydrogens is 942 g/mol. The molecule has 1 aromatic heterocycles. The molecule has 9 aromatic rings. The van der Waals surface area contributed by atoms with Gasteiger partial charge in [0.05, 0.1) is 43.8 Å². The van der Waals surface area contributed by atoms with Crippen molar-refractivity contribution < 1.29 is 61.5 Å². The summed E-state index contributed by atoms with van der Waals surface area (Å²) < 4.78 is 63.2. The van der Waals surface area contributed by atoms with Crippen LogP contribution in [0.5, 0.6) is 23.0 Å². The van der Waals surface area contributed by atoms with Gasteiger partial charge in [0.2, 0.25) is 0 Å². The number of hydrogen-bond acceptors (Lipinski definition) is 9. The average molecular weight is 1000 g/mol. The fourth-order valence-corrected chi connectivity index (χ4v) is 11.6. The summed E-state index contributed by atoms with van der Waals surface area (Å²) in [6, 6.07) is 62.1. The molecule has 0 saturated heterocycles. The molecular formula is C61H58N3NaO7S. The Balaban J connectivity index is 0.00000656. The summed E-state index contributed by atoms with van der Waals surface area (Å²) in [7, 11) is 2.12. The molecule has 0 amide bonds. The van der Waals surface area contributed by atoms with Gasteiger partial charge in [-0.2, -0.15) is 0 Å². The molecule has 1 unspecified atom stereocenters. The smallest absolute Gasteiger partial charge is 0.748 e. The second-order valence-corrected chi connectivity index (χ2v) is 20.0. The molecule has 1 fully saturated rings. The van der Waals surface area contributed by atoms with E-state index < -0.39 is 15.4 Å². The van der Waals surface area contributed by atoms with E-state index in [0.717, 1.165) is 133 Å². The summed E-state index contributed by atoms with van der Waals surface area (Å²) in [4.78, 5) is 4.39. The monoisotopic (exact) mass is 999 g/mol. The molecule has 1 atom stereocenters. The van der Waals surface area contributed by atoms with E-state index in [0.29, 0.717) is 6.54 Å². The Kier molecular flexibility index (Phi) is 15.8. The van der Waals surface area contributed by atoms with E-state index in [1.54, 1.807) is 28.4 Å². The maximum Gasteiger partial charge on any atom is 1.00 e. The minimum atomic E-state index is -4.54. The first-order valence-corrected chi connectivity index (χ1v) is 26.0. The number of anilines is 6. The van der Waals surface area contributed by atoms with Crippen LogP contribution < -0.4 is 58.3 Å². The van der Waals surface area contributed by atoms with Crippen molar-refractivity contribution in [1.29, 1.82) is 0 Å². The molecule has 0 radical (unpaired) electrons. The molecule has 12 heteroatoms. The van der Waals surface area contributed by atoms with Crippen LogP contribution in [0.4, 0.5) is 34.1 Å². The zero-order valence-electron chi connectivity index (χ0n) is 42.0. The van der Waals surface area contributed by atoms with Crippen LogP contribution in [0.1, 0.15) is 38.5 Å². The molecule has 8 aromatic carbocycles. The minimum absolute atomic E-state index is 0. The van der Waals surface area contributed by atoms with Gasteiger partial charge >= 0.3 is 29.6 Å². The van der Waals surface area contributed by atoms with Gasteiger partial charge in [0, 0.05) is 62.5 Å². The number of nitrogens with zero attached hydrogens (tertiary/aromatic N) is 3. The van der Waals surface area contributed by atoms with E-state index in [4.69, 9.17) is 18.9 Å². The predicted molar refractivity (Wildman–Crippen MR) is 291 cm³/mol. The fraction of sp³-hybridized carbons (Fsp3) is 0.213. The second kappa shape index (κ2) is 22.6. The van der Waals surface area contributed by atoms with Gasteiger partial charge in [0.15, 0.2) is 0 Å². The number of methoxy groups -OCH3 is 4. The zero-order chi connectivity index (χ0) is 49.8. The van der Waals surface area contributed by atoms with Crippen LogP contribution in [0.2, 0.25) is 0 Å². The van der Waals surface area contributed by atoms with Gasteiger partial charge in [-0.1, -0.05) is 67.8 Å². The summed E-state index contributed by atoms with van der Waals surface area (Å²) >= 11 is 0. The Morgan fingerprint density at radius 1 is 0.466 bits per heavy atom. The molecule has 0 aliphatic heterocycles. The number of fused-ring (bicyclic) bond motifs is 3. The number of ether oxygens (including phenoxy) is 4. The third kappa shape index (κ3) is 11.0. The number of aryl methyl sites for hydroxylation is 1. The van der Waals surface area contributed by atoms with Crippen LogP contribution in [0.15, 0.2) is 182 Å². The van der Waals surface area contributed by atoms with Crippen molar-refractivity contribution in [1.82, 2.24) is 4.57 Å². The van der Waals surface area contributed by atoms with E-state index >= 15 is 0 Å². The Morgan fingerprint density at radius 2 is 0.767 bits per heavy atom. The van der Waals surface area contributed by atoms with Crippen LogP contribution in [0, 0.1) is 5.92 Å². The van der Waals surface area contributed by atoms with Gasteiger partial charge in [-0.05, 0) is 181 Å². The number of benzene rings is 8. The zero-order valence-corrected chi connectivity index (χ0v) is 44.8. The van der Waals surface area contributed by atoms with Crippen molar-refractivity contribution in [2.75, 3.05) is 38.2 Å². The maximum atomic E-state index is 13.0. The van der Waals surface area contributed by atoms with Crippen molar-refractivity contribution in [3.05, 3.63) is 182 Å². The van der Waals surface area contributed by atoms with Crippen LogP contribution in [-0.2, 0) is 16.7 Å². The molecule has 366 valence electrons. The molecule has 1 aliphatic rings. The van der Waals surface area contributed by atoms with Crippen molar-refractivity contribution in [2.45, 2.75) is 50.3 Å². The number of aromatic nitrogens is 1. The van der Waals surface area contributed by atoms with E-state index in [1.807, 2.05) is 97.1 Å². The fourth-order valence-electron chi connectivity index (χ4n) is 10.5. The topological polar surface area (TPSA) is 106 Å². The molecule has 0 bridgehead atoms. The van der Waals surface area contributed by atoms with Crippen molar-refractivity contribution >= 4 is 66.0 Å². The third-order valence-electron chi connectivity index (χ3n) is 14.3. The van der Waals surface area contributed by atoms with Crippen LogP contribution in [0.25, 0.3) is 44.1 Å². The van der Waals surface area contributed by atoms with E-state index in [2.05, 4.69) is 99.3 Å². The summed E-state index contributed by atoms with van der Waals surface area (Å²) in [6.45, 7) is 0.380. The second-order valence-electron chi connectivity index (χ2n) is 18.4. The molecule has 1 aliphatic carbocycles. The van der Waals surface area contributed by atoms with Gasteiger partial charge in [-0.15, -0.1) is 0 Å². The predicted octanol–water partition coefficient (Wildman–Crippen LogP) is 12.0. The third-order valence-corrected chi connectivity index (χ3v) is 15.7. The largest absolute Gasteiger partial charge is 1.00 e. The summed E-state index contributed by atoms with van der Waals surface area (Å²) in [5.74, 6) is 2.98. The van der Waals surface area contributed by atoms with Crippen LogP contribution >= 0.6 is 0 Å². The normalized spacial score (nSPS) is 13.3. The van der Waals surface area contributed by atoms with Crippen molar-refractivity contribution in [2.24, 2.45) is 5.92 Å². The molecule has 0 N–H and O–H groups in total. The van der Waals surface area contributed by atoms with Crippen LogP contribution in [0.3, 0.4) is 0 Å². The Morgan fingerprint density at radius 3 is 1.07 bits per heavy atom. The van der Waals surface area contributed by atoms with Gasteiger partial charge in [-0.25, -0.2) is 8.42 Å². The van der Waals surface area contributed by atoms with E-state index in [-0.39, 0.29) is 41.9 Å². The molecule has 73 heavy (non-hydrogen) atoms. The Labute approximate surface area is 450 Å². The summed E-state index contributed by atoms with van der Waals surface area (Å²) in [5.41, 5.74) is 11.9. The van der Waals surface area contributed by atoms with E-state index in [1.165, 1.54) is 0 Å². The maximum absolute atomic E-state index is 13.0. The quantitative estimate of drug-likeness (QED) is 0.0651. The first kappa shape index (κ1) is 51.2. The first-order chi connectivity index (χ1) is 35.1. The van der Waals surface area contributed by atoms with Gasteiger partial charge in [0.1, 0.15) is 23.0 Å². The van der Waals surface area contributed by atoms with E-state index in [9.17, 15) is 13.0 Å². The Bertz CT molecular complexity index is 3100. The average Bonchev–Trinajstić information content (AvgIpc) is 3.74. The number of rotatable bonds is 17. The standard InChI is InChI=1S/C61H59N3O7S.Na/c1-68-53-28-20-49(21-29-53)63(50-22-30-54(69-2)31-23-50)47-16-10-42(11-17-47)45-14-36-57-58-37-15-46(41-60(58)62(59(57)40-45)39-38-61(72(65,66)67)44-8-6-5-7-9-44)43-12-18-48(19-13-43)64(51-24-32-55(70-3)33-25-51)52-26-34-56(71-4)35-27-52;/h10-37,40-41,44,61H,5-9,38-39H2,1-4H3,(H,65,66,67);/q;+1/p-1. The number of hydrogen-bond donors (Lipinski definition) is 0. The SMILES string of the molecule is COc1ccc(N(c2ccc(OC)cc2)c2ccc(-c3ccc4c5ccc(-c6ccc(N(c7ccc(OC)cc7)c7ccc(OC)cc7)cc6)cc5n(CCC(C5CCCCC5)S(=O)(=O)[O-])c4c3)cc2)cc1.[Na+]. The first-order valence-electron chi connectivity index (χ1n) is 24.5. The van der Waals surface area contributed by atoms with Gasteiger partial charge < -0.3 is 37.9 Å². The summed E-state index contributed by atoms with van der Waals surface area (Å²) in [5, 5.41) is 1.17. The van der Waals surface area contributed by atoms with Gasteiger partial charge in [0.25, 0.3) is 0 Å². The van der Waals surface area contributed by atoms with Crippen molar-refractivity contribution in [3.8, 4) is 45.3 Å². The molecule has 10 nitrogen and oxygen atoms in total.